The molecule has 116 valence electrons. The summed E-state index contributed by atoms with van der Waals surface area (Å²) in [5, 5.41) is 0. The van der Waals surface area contributed by atoms with Crippen LogP contribution in [0.4, 0.5) is 5.69 Å². The number of ketones is 1. The van der Waals surface area contributed by atoms with E-state index in [1.54, 1.807) is 0 Å². The third-order valence-corrected chi connectivity index (χ3v) is 5.60. The lowest BCUT2D eigenvalue weighted by Gasteiger charge is -2.11. The Labute approximate surface area is 121 Å². The van der Waals surface area contributed by atoms with Gasteiger partial charge in [0, 0.05) is 19.0 Å². The van der Waals surface area contributed by atoms with Crippen LogP contribution in [-0.4, -0.2) is 48.0 Å². The Morgan fingerprint density at radius 1 is 1.29 bits per heavy atom. The molecular weight excluding hydrogens is 324 g/mol. The number of hydrogen-bond acceptors (Lipinski definition) is 7. The van der Waals surface area contributed by atoms with Crippen LogP contribution in [0.15, 0.2) is 17.1 Å². The van der Waals surface area contributed by atoms with E-state index >= 15 is 0 Å². The predicted octanol–water partition coefficient (Wildman–Crippen LogP) is 0.261. The molecule has 0 unspecified atom stereocenters. The Morgan fingerprint density at radius 2 is 1.81 bits per heavy atom. The first kappa shape index (κ1) is 17.4. The van der Waals surface area contributed by atoms with Crippen molar-refractivity contribution < 1.29 is 30.7 Å². The van der Waals surface area contributed by atoms with Crippen LogP contribution in [0.5, 0.6) is 0 Å². The molecule has 2 N–H and O–H groups in total. The van der Waals surface area contributed by atoms with Crippen molar-refractivity contribution in [2.24, 2.45) is 4.99 Å². The normalized spacial score (nSPS) is 12.4. The SMILES string of the molecule is C=Nc1ccc(CC(S(=O)(=O)O)S(=O)(=O)O)nc1C(C)=O. The van der Waals surface area contributed by atoms with Gasteiger partial charge in [-0.05, 0) is 18.9 Å². The molecule has 0 aliphatic heterocycles. The summed E-state index contributed by atoms with van der Waals surface area (Å²) in [4.78, 5) is 18.7. The quantitative estimate of drug-likeness (QED) is 0.426. The maximum absolute atomic E-state index is 11.4. The Bertz CT molecular complexity index is 752. The molecule has 0 spiro atoms. The highest BCUT2D eigenvalue weighted by molar-refractivity contribution is 8.03. The fraction of sp³-hybridized carbons (Fsp3) is 0.300. The minimum Gasteiger partial charge on any atom is -0.293 e. The second-order valence-electron chi connectivity index (χ2n) is 4.05. The van der Waals surface area contributed by atoms with Crippen molar-refractivity contribution >= 4 is 38.4 Å². The van der Waals surface area contributed by atoms with Crippen LogP contribution >= 0.6 is 0 Å². The van der Waals surface area contributed by atoms with E-state index in [4.69, 9.17) is 9.11 Å². The molecule has 1 heterocycles. The number of carbonyl (C=O) groups excluding carboxylic acids is 1. The monoisotopic (exact) mass is 336 g/mol. The van der Waals surface area contributed by atoms with Crippen LogP contribution in [0.2, 0.25) is 0 Å². The summed E-state index contributed by atoms with van der Waals surface area (Å²) in [6.07, 6.45) is -0.824. The molecule has 0 aliphatic rings. The lowest BCUT2D eigenvalue weighted by Crippen LogP contribution is -2.32. The molecule has 0 bridgehead atoms. The van der Waals surface area contributed by atoms with Crippen LogP contribution in [0.3, 0.4) is 0 Å². The zero-order valence-electron chi connectivity index (χ0n) is 10.8. The highest BCUT2D eigenvalue weighted by Crippen LogP contribution is 2.20. The van der Waals surface area contributed by atoms with Gasteiger partial charge in [0.05, 0.1) is 5.69 Å². The van der Waals surface area contributed by atoms with Crippen molar-refractivity contribution in [3.63, 3.8) is 0 Å². The molecular formula is C10H12N2O7S2. The number of rotatable bonds is 6. The predicted molar refractivity (Wildman–Crippen MR) is 74.0 cm³/mol. The summed E-state index contributed by atoms with van der Waals surface area (Å²) >= 11 is 0. The molecule has 0 radical (unpaired) electrons. The number of carbonyl (C=O) groups is 1. The van der Waals surface area contributed by atoms with Crippen molar-refractivity contribution in [2.75, 3.05) is 0 Å². The number of aromatic nitrogens is 1. The Morgan fingerprint density at radius 3 is 2.19 bits per heavy atom. The van der Waals surface area contributed by atoms with Crippen molar-refractivity contribution in [1.82, 2.24) is 4.98 Å². The third kappa shape index (κ3) is 4.39. The fourth-order valence-electron chi connectivity index (χ4n) is 1.53. The summed E-state index contributed by atoms with van der Waals surface area (Å²) < 4.78 is 59.3. The van der Waals surface area contributed by atoms with Crippen LogP contribution in [0, 0.1) is 0 Å². The molecule has 0 saturated heterocycles. The van der Waals surface area contributed by atoms with Gasteiger partial charge in [-0.1, -0.05) is 0 Å². The number of Topliss-reactive ketones (excluding diaryl/α,β-unsaturated/α-hetero) is 1. The van der Waals surface area contributed by atoms with Crippen molar-refractivity contribution in [2.45, 2.75) is 17.9 Å². The van der Waals surface area contributed by atoms with Crippen LogP contribution < -0.4 is 0 Å². The first-order valence-corrected chi connectivity index (χ1v) is 8.37. The molecule has 1 aromatic heterocycles. The van der Waals surface area contributed by atoms with Crippen molar-refractivity contribution in [3.8, 4) is 0 Å². The second kappa shape index (κ2) is 5.97. The van der Waals surface area contributed by atoms with E-state index in [-0.39, 0.29) is 17.1 Å². The molecule has 0 aliphatic carbocycles. The Hall–Kier alpha value is -1.69. The average molecular weight is 336 g/mol. The largest absolute Gasteiger partial charge is 0.293 e. The summed E-state index contributed by atoms with van der Waals surface area (Å²) in [6.45, 7) is 4.41. The molecule has 0 saturated carbocycles. The van der Waals surface area contributed by atoms with E-state index < -0.39 is 37.0 Å². The zero-order valence-corrected chi connectivity index (χ0v) is 12.4. The topological polar surface area (TPSA) is 151 Å². The van der Waals surface area contributed by atoms with Gasteiger partial charge in [-0.3, -0.25) is 18.9 Å². The van der Waals surface area contributed by atoms with Gasteiger partial charge in [-0.25, -0.2) is 4.98 Å². The number of pyridine rings is 1. The first-order chi connectivity index (χ1) is 9.46. The number of hydrogen-bond donors (Lipinski definition) is 2. The third-order valence-electron chi connectivity index (χ3n) is 2.48. The van der Waals surface area contributed by atoms with Gasteiger partial charge < -0.3 is 0 Å². The van der Waals surface area contributed by atoms with Crippen LogP contribution in [-0.2, 0) is 26.7 Å². The lowest BCUT2D eigenvalue weighted by atomic mass is 10.2. The minimum absolute atomic E-state index is 0.132. The van der Waals surface area contributed by atoms with Gasteiger partial charge in [0.15, 0.2) is 5.78 Å². The highest BCUT2D eigenvalue weighted by Gasteiger charge is 2.36. The Balaban J connectivity index is 3.33. The molecule has 21 heavy (non-hydrogen) atoms. The average Bonchev–Trinajstić information content (AvgIpc) is 2.32. The standard InChI is InChI=1S/C10H12N2O7S2/c1-6(13)10-8(11-2)4-3-7(12-10)5-9(20(14,15)16)21(17,18)19/h3-4,9H,2,5H2,1H3,(H,14,15,16)(H,17,18,19). The van der Waals surface area contributed by atoms with Gasteiger partial charge in [0.1, 0.15) is 5.69 Å². The van der Waals surface area contributed by atoms with E-state index in [0.717, 1.165) is 0 Å². The van der Waals surface area contributed by atoms with Gasteiger partial charge in [-0.2, -0.15) is 16.8 Å². The van der Waals surface area contributed by atoms with Gasteiger partial charge in [0.2, 0.25) is 4.58 Å². The van der Waals surface area contributed by atoms with E-state index in [9.17, 15) is 21.6 Å². The summed E-state index contributed by atoms with van der Waals surface area (Å²) in [5.74, 6) is -0.491. The molecule has 0 aromatic carbocycles. The summed E-state index contributed by atoms with van der Waals surface area (Å²) in [6, 6.07) is 2.50. The van der Waals surface area contributed by atoms with E-state index in [2.05, 4.69) is 16.7 Å². The van der Waals surface area contributed by atoms with Gasteiger partial charge >= 0.3 is 0 Å². The molecule has 0 amide bonds. The molecule has 9 nitrogen and oxygen atoms in total. The highest BCUT2D eigenvalue weighted by atomic mass is 32.3. The summed E-state index contributed by atoms with van der Waals surface area (Å²) in [7, 11) is -10.1. The molecule has 0 fully saturated rings. The smallest absolute Gasteiger partial charge is 0.285 e. The zero-order chi connectivity index (χ0) is 16.4. The fourth-order valence-corrected chi connectivity index (χ4v) is 3.52. The van der Waals surface area contributed by atoms with Crippen molar-refractivity contribution in [1.29, 1.82) is 0 Å². The van der Waals surface area contributed by atoms with Crippen LogP contribution in [0.25, 0.3) is 0 Å². The minimum atomic E-state index is -5.07. The maximum Gasteiger partial charge on any atom is 0.285 e. The number of nitrogens with zero attached hydrogens (tertiary/aromatic N) is 2. The maximum atomic E-state index is 11.4. The van der Waals surface area contributed by atoms with Gasteiger partial charge in [0.25, 0.3) is 20.2 Å². The molecule has 1 aromatic rings. The van der Waals surface area contributed by atoms with E-state index in [0.29, 0.717) is 0 Å². The first-order valence-electron chi connectivity index (χ1n) is 5.37. The van der Waals surface area contributed by atoms with Gasteiger partial charge in [-0.15, -0.1) is 0 Å². The van der Waals surface area contributed by atoms with E-state index in [1.165, 1.54) is 19.1 Å². The lowest BCUT2D eigenvalue weighted by molar-refractivity contribution is 0.101. The second-order valence-corrected chi connectivity index (χ2v) is 7.54. The molecule has 1 rings (SSSR count). The van der Waals surface area contributed by atoms with E-state index in [1.807, 2.05) is 0 Å². The number of aliphatic imine (C=N–C) groups is 1. The molecule has 11 heteroatoms. The molecule has 0 atom stereocenters. The Kier molecular flexibility index (Phi) is 4.94. The summed E-state index contributed by atoms with van der Waals surface area (Å²) in [5.41, 5.74) is -0.124. The van der Waals surface area contributed by atoms with Crippen molar-refractivity contribution in [3.05, 3.63) is 23.5 Å². The van der Waals surface area contributed by atoms with Crippen LogP contribution in [0.1, 0.15) is 23.1 Å².